The van der Waals surface area contributed by atoms with Gasteiger partial charge in [-0.1, -0.05) is 23.7 Å². The second-order valence-electron chi connectivity index (χ2n) is 5.79. The lowest BCUT2D eigenvalue weighted by Gasteiger charge is -2.21. The van der Waals surface area contributed by atoms with Crippen molar-refractivity contribution in [2.45, 2.75) is 13.8 Å². The Hall–Kier alpha value is -2.92. The van der Waals surface area contributed by atoms with Gasteiger partial charge in [-0.05, 0) is 61.9 Å². The molecule has 6 heteroatoms. The first-order valence-corrected chi connectivity index (χ1v) is 8.69. The van der Waals surface area contributed by atoms with Crippen molar-refractivity contribution in [2.24, 2.45) is 0 Å². The Balaban J connectivity index is 1.84. The molecular weight excluding hydrogens is 348 g/mol. The van der Waals surface area contributed by atoms with Crippen LogP contribution >= 0.6 is 11.6 Å². The van der Waals surface area contributed by atoms with E-state index in [-0.39, 0.29) is 5.91 Å². The first-order chi connectivity index (χ1) is 12.6. The minimum Gasteiger partial charge on any atom is -0.321 e. The molecule has 0 fully saturated rings. The molecule has 0 aliphatic rings. The fourth-order valence-electron chi connectivity index (χ4n) is 2.57. The van der Waals surface area contributed by atoms with Crippen molar-refractivity contribution in [1.82, 2.24) is 9.97 Å². The number of amides is 1. The maximum Gasteiger partial charge on any atom is 0.274 e. The zero-order chi connectivity index (χ0) is 18.5. The average molecular weight is 367 g/mol. The highest BCUT2D eigenvalue weighted by Crippen LogP contribution is 2.23. The fourth-order valence-corrected chi connectivity index (χ4v) is 2.69. The lowest BCUT2D eigenvalue weighted by molar-refractivity contribution is 0.102. The predicted octanol–water partition coefficient (Wildman–Crippen LogP) is 4.85. The molecule has 1 amide bonds. The van der Waals surface area contributed by atoms with Gasteiger partial charge in [0.25, 0.3) is 5.91 Å². The van der Waals surface area contributed by atoms with E-state index in [9.17, 15) is 4.79 Å². The predicted molar refractivity (Wildman–Crippen MR) is 105 cm³/mol. The van der Waals surface area contributed by atoms with Crippen LogP contribution in [0.25, 0.3) is 0 Å². The van der Waals surface area contributed by atoms with Crippen molar-refractivity contribution >= 4 is 34.8 Å². The SMILES string of the molecule is CCN(c1cccc(C)c1)c1nccc(C(=O)Nc2ccc(Cl)cc2)n1. The molecule has 0 spiro atoms. The number of carbonyl (C=O) groups excluding carboxylic acids is 1. The van der Waals surface area contributed by atoms with Crippen LogP contribution in [-0.4, -0.2) is 22.4 Å². The van der Waals surface area contributed by atoms with Gasteiger partial charge in [-0.2, -0.15) is 0 Å². The fraction of sp³-hybridized carbons (Fsp3) is 0.150. The quantitative estimate of drug-likeness (QED) is 0.701. The average Bonchev–Trinajstić information content (AvgIpc) is 2.65. The van der Waals surface area contributed by atoms with Gasteiger partial charge >= 0.3 is 0 Å². The molecule has 5 nitrogen and oxygen atoms in total. The van der Waals surface area contributed by atoms with Crippen molar-refractivity contribution in [1.29, 1.82) is 0 Å². The van der Waals surface area contributed by atoms with Gasteiger partial charge in [-0.15, -0.1) is 0 Å². The molecule has 132 valence electrons. The highest BCUT2D eigenvalue weighted by Gasteiger charge is 2.14. The number of benzene rings is 2. The molecule has 0 saturated carbocycles. The molecule has 0 radical (unpaired) electrons. The molecule has 0 bridgehead atoms. The number of anilines is 3. The standard InChI is InChI=1S/C20H19ClN4O/c1-3-25(17-6-4-5-14(2)13-17)20-22-12-11-18(24-20)19(26)23-16-9-7-15(21)8-10-16/h4-13H,3H2,1-2H3,(H,23,26). The zero-order valence-corrected chi connectivity index (χ0v) is 15.4. The maximum absolute atomic E-state index is 12.5. The van der Waals surface area contributed by atoms with E-state index in [1.807, 2.05) is 36.9 Å². The van der Waals surface area contributed by atoms with Gasteiger partial charge in [-0.3, -0.25) is 4.79 Å². The van der Waals surface area contributed by atoms with Gasteiger partial charge < -0.3 is 10.2 Å². The van der Waals surface area contributed by atoms with E-state index in [4.69, 9.17) is 11.6 Å². The van der Waals surface area contributed by atoms with E-state index in [1.54, 1.807) is 36.5 Å². The van der Waals surface area contributed by atoms with Gasteiger partial charge in [0.1, 0.15) is 5.69 Å². The van der Waals surface area contributed by atoms with E-state index in [0.29, 0.717) is 28.9 Å². The number of halogens is 1. The summed E-state index contributed by atoms with van der Waals surface area (Å²) in [4.78, 5) is 23.2. The number of hydrogen-bond donors (Lipinski definition) is 1. The van der Waals surface area contributed by atoms with E-state index in [0.717, 1.165) is 11.3 Å². The number of aromatic nitrogens is 2. The number of rotatable bonds is 5. The molecule has 26 heavy (non-hydrogen) atoms. The molecule has 0 saturated heterocycles. The molecule has 3 rings (SSSR count). The van der Waals surface area contributed by atoms with Gasteiger partial charge in [-0.25, -0.2) is 9.97 Å². The summed E-state index contributed by atoms with van der Waals surface area (Å²) in [6, 6.07) is 16.6. The van der Waals surface area contributed by atoms with Crippen LogP contribution in [0, 0.1) is 6.92 Å². The third-order valence-electron chi connectivity index (χ3n) is 3.85. The normalized spacial score (nSPS) is 10.4. The lowest BCUT2D eigenvalue weighted by Crippen LogP contribution is -2.21. The van der Waals surface area contributed by atoms with E-state index >= 15 is 0 Å². The van der Waals surface area contributed by atoms with Crippen LogP contribution in [0.1, 0.15) is 23.0 Å². The minimum absolute atomic E-state index is 0.295. The summed E-state index contributed by atoms with van der Waals surface area (Å²) in [6.07, 6.45) is 1.59. The summed E-state index contributed by atoms with van der Waals surface area (Å²) in [7, 11) is 0. The first-order valence-electron chi connectivity index (χ1n) is 8.31. The number of aryl methyl sites for hydroxylation is 1. The van der Waals surface area contributed by atoms with E-state index in [2.05, 4.69) is 21.4 Å². The Kier molecular flexibility index (Phi) is 5.49. The second-order valence-corrected chi connectivity index (χ2v) is 6.22. The van der Waals surface area contributed by atoms with Gasteiger partial charge in [0.05, 0.1) is 0 Å². The number of nitrogens with one attached hydrogen (secondary N) is 1. The summed E-state index contributed by atoms with van der Waals surface area (Å²) in [5, 5.41) is 3.43. The summed E-state index contributed by atoms with van der Waals surface area (Å²) >= 11 is 5.87. The van der Waals surface area contributed by atoms with Crippen LogP contribution in [0.3, 0.4) is 0 Å². The van der Waals surface area contributed by atoms with Crippen molar-refractivity contribution < 1.29 is 4.79 Å². The molecule has 1 heterocycles. The lowest BCUT2D eigenvalue weighted by atomic mass is 10.2. The van der Waals surface area contributed by atoms with Crippen molar-refractivity contribution in [3.63, 3.8) is 0 Å². The van der Waals surface area contributed by atoms with Crippen LogP contribution in [-0.2, 0) is 0 Å². The Morgan fingerprint density at radius 2 is 1.92 bits per heavy atom. The van der Waals surface area contributed by atoms with E-state index < -0.39 is 0 Å². The molecule has 1 aromatic heterocycles. The van der Waals surface area contributed by atoms with Crippen molar-refractivity contribution in [3.05, 3.63) is 77.1 Å². The molecule has 2 aromatic carbocycles. The summed E-state index contributed by atoms with van der Waals surface area (Å²) < 4.78 is 0. The molecular formula is C20H19ClN4O. The zero-order valence-electron chi connectivity index (χ0n) is 14.6. The summed E-state index contributed by atoms with van der Waals surface area (Å²) in [5.74, 6) is 0.193. The first kappa shape index (κ1) is 17.9. The highest BCUT2D eigenvalue weighted by atomic mass is 35.5. The molecule has 0 unspecified atom stereocenters. The van der Waals surface area contributed by atoms with Crippen LogP contribution in [0.5, 0.6) is 0 Å². The molecule has 0 aliphatic carbocycles. The Morgan fingerprint density at radius 1 is 1.15 bits per heavy atom. The maximum atomic E-state index is 12.5. The van der Waals surface area contributed by atoms with Crippen LogP contribution in [0.15, 0.2) is 60.8 Å². The Labute approximate surface area is 157 Å². The summed E-state index contributed by atoms with van der Waals surface area (Å²) in [5.41, 5.74) is 3.10. The molecule has 3 aromatic rings. The topological polar surface area (TPSA) is 58.1 Å². The third-order valence-corrected chi connectivity index (χ3v) is 4.10. The molecule has 1 N–H and O–H groups in total. The molecule has 0 atom stereocenters. The van der Waals surface area contributed by atoms with Crippen molar-refractivity contribution in [2.75, 3.05) is 16.8 Å². The second kappa shape index (κ2) is 7.97. The Morgan fingerprint density at radius 3 is 2.62 bits per heavy atom. The number of hydrogen-bond acceptors (Lipinski definition) is 4. The number of nitrogens with zero attached hydrogens (tertiary/aromatic N) is 3. The van der Waals surface area contributed by atoms with Crippen molar-refractivity contribution in [3.8, 4) is 0 Å². The largest absolute Gasteiger partial charge is 0.321 e. The Bertz CT molecular complexity index is 912. The minimum atomic E-state index is -0.295. The van der Waals surface area contributed by atoms with Crippen LogP contribution < -0.4 is 10.2 Å². The monoisotopic (exact) mass is 366 g/mol. The van der Waals surface area contributed by atoms with Gasteiger partial charge in [0.15, 0.2) is 0 Å². The summed E-state index contributed by atoms with van der Waals surface area (Å²) in [6.45, 7) is 4.74. The van der Waals surface area contributed by atoms with Crippen LogP contribution in [0.2, 0.25) is 5.02 Å². The number of carbonyl (C=O) groups is 1. The smallest absolute Gasteiger partial charge is 0.274 e. The molecule has 0 aliphatic heterocycles. The van der Waals surface area contributed by atoms with Crippen LogP contribution in [0.4, 0.5) is 17.3 Å². The van der Waals surface area contributed by atoms with E-state index in [1.165, 1.54) is 0 Å². The third kappa shape index (κ3) is 4.18. The highest BCUT2D eigenvalue weighted by molar-refractivity contribution is 6.30. The van der Waals surface area contributed by atoms with Gasteiger partial charge in [0.2, 0.25) is 5.95 Å². The van der Waals surface area contributed by atoms with Gasteiger partial charge in [0, 0.05) is 29.1 Å².